The van der Waals surface area contributed by atoms with Gasteiger partial charge in [-0.15, -0.1) is 0 Å². The molecule has 0 aliphatic carbocycles. The monoisotopic (exact) mass is 397 g/mol. The summed E-state index contributed by atoms with van der Waals surface area (Å²) in [5, 5.41) is 0. The Labute approximate surface area is 121 Å². The molecule has 0 saturated heterocycles. The molecule has 96 valence electrons. The summed E-state index contributed by atoms with van der Waals surface area (Å²) < 4.78 is 12.3. The summed E-state index contributed by atoms with van der Waals surface area (Å²) in [7, 11) is -1.45. The number of nitrogens with zero attached hydrogens (tertiary/aromatic N) is 3. The standard InChI is InChI=1S/C4H11Cl5N3P3Si/c1-16(2,3)4-13(5)10-14(6,7)12-15(8,9)11-13/h4H2,1-3H3. The lowest BCUT2D eigenvalue weighted by Crippen LogP contribution is -2.24. The molecule has 1 heterocycles. The molecule has 0 amide bonds. The third kappa shape index (κ3) is 5.55. The molecule has 16 heavy (non-hydrogen) atoms. The Morgan fingerprint density at radius 1 is 0.812 bits per heavy atom. The van der Waals surface area contributed by atoms with E-state index in [1.54, 1.807) is 0 Å². The van der Waals surface area contributed by atoms with Gasteiger partial charge in [0.25, 0.3) is 11.8 Å². The summed E-state index contributed by atoms with van der Waals surface area (Å²) in [5.41, 5.74) is 0. The van der Waals surface area contributed by atoms with Crippen LogP contribution in [0.5, 0.6) is 0 Å². The first kappa shape index (κ1) is 16.4. The number of rotatable bonds is 2. The highest BCUT2D eigenvalue weighted by Crippen LogP contribution is 2.86. The topological polar surface area (TPSA) is 37.1 Å². The molecular weight excluding hydrogens is 388 g/mol. The van der Waals surface area contributed by atoms with Gasteiger partial charge in [0.15, 0.2) is 6.56 Å². The first-order valence-electron chi connectivity index (χ1n) is 4.21. The van der Waals surface area contributed by atoms with Crippen LogP contribution in [0.25, 0.3) is 0 Å². The van der Waals surface area contributed by atoms with Crippen LogP contribution in [-0.4, -0.2) is 13.9 Å². The Morgan fingerprint density at radius 3 is 1.62 bits per heavy atom. The van der Waals surface area contributed by atoms with Gasteiger partial charge in [0.05, 0.1) is 8.07 Å². The minimum absolute atomic E-state index is 0.694. The molecule has 1 atom stereocenters. The van der Waals surface area contributed by atoms with Crippen LogP contribution >= 0.6 is 74.6 Å². The number of halogens is 5. The van der Waals surface area contributed by atoms with Crippen molar-refractivity contribution in [2.24, 2.45) is 13.5 Å². The Kier molecular flexibility index (Phi) is 5.17. The van der Waals surface area contributed by atoms with Crippen molar-refractivity contribution >= 4 is 82.7 Å². The number of hydrogen-bond donors (Lipinski definition) is 0. The van der Waals surface area contributed by atoms with Crippen LogP contribution in [0.4, 0.5) is 0 Å². The summed E-state index contributed by atoms with van der Waals surface area (Å²) >= 11 is 30.3. The van der Waals surface area contributed by atoms with Gasteiger partial charge >= 0.3 is 0 Å². The average Bonchev–Trinajstić information content (AvgIpc) is 1.66. The summed E-state index contributed by atoms with van der Waals surface area (Å²) in [6.07, 6.45) is 0. The highest BCUT2D eigenvalue weighted by atomic mass is 35.9. The highest BCUT2D eigenvalue weighted by Gasteiger charge is 2.35. The predicted molar refractivity (Wildman–Crippen MR) is 85.5 cm³/mol. The zero-order valence-corrected chi connectivity index (χ0v) is 16.2. The molecule has 0 radical (unpaired) electrons. The lowest BCUT2D eigenvalue weighted by Gasteiger charge is -2.26. The molecule has 0 aromatic rings. The third-order valence-electron chi connectivity index (χ3n) is 1.38. The molecule has 1 unspecified atom stereocenters. The molecule has 3 nitrogen and oxygen atoms in total. The Balaban J connectivity index is 3.32. The molecule has 0 fully saturated rings. The van der Waals surface area contributed by atoms with Crippen molar-refractivity contribution in [3.63, 3.8) is 0 Å². The van der Waals surface area contributed by atoms with Gasteiger partial charge in [0.2, 0.25) is 0 Å². The van der Waals surface area contributed by atoms with Crippen molar-refractivity contribution in [3.8, 4) is 0 Å². The van der Waals surface area contributed by atoms with Crippen molar-refractivity contribution in [1.29, 1.82) is 0 Å². The highest BCUT2D eigenvalue weighted by molar-refractivity contribution is 8.22. The van der Waals surface area contributed by atoms with Crippen molar-refractivity contribution in [1.82, 2.24) is 0 Å². The Hall–Kier alpha value is 2.36. The van der Waals surface area contributed by atoms with Crippen LogP contribution in [0.3, 0.4) is 0 Å². The molecule has 1 aliphatic heterocycles. The van der Waals surface area contributed by atoms with E-state index in [9.17, 15) is 0 Å². The summed E-state index contributed by atoms with van der Waals surface area (Å²) in [6.45, 7) is 4.03. The fourth-order valence-electron chi connectivity index (χ4n) is 1.18. The quantitative estimate of drug-likeness (QED) is 0.333. The molecule has 1 rings (SSSR count). The van der Waals surface area contributed by atoms with E-state index in [0.29, 0.717) is 5.79 Å². The molecule has 0 aromatic heterocycles. The van der Waals surface area contributed by atoms with E-state index >= 15 is 0 Å². The molecule has 0 bridgehead atoms. The maximum Gasteiger partial charge on any atom is 0.256 e. The van der Waals surface area contributed by atoms with Crippen molar-refractivity contribution in [2.45, 2.75) is 19.6 Å². The first-order valence-corrected chi connectivity index (χ1v) is 17.7. The fraction of sp³-hybridized carbons (Fsp3) is 1.00. The van der Waals surface area contributed by atoms with Gasteiger partial charge in [-0.2, -0.15) is 13.5 Å². The third-order valence-corrected chi connectivity index (χ3v) is 19.6. The van der Waals surface area contributed by atoms with Gasteiger partial charge in [0.1, 0.15) is 0 Å². The van der Waals surface area contributed by atoms with Crippen LogP contribution in [0.15, 0.2) is 13.5 Å². The van der Waals surface area contributed by atoms with E-state index in [1.165, 1.54) is 0 Å². The molecule has 0 spiro atoms. The largest absolute Gasteiger partial charge is 0.256 e. The maximum atomic E-state index is 6.40. The van der Waals surface area contributed by atoms with Gasteiger partial charge in [-0.3, -0.25) is 0 Å². The van der Waals surface area contributed by atoms with Crippen molar-refractivity contribution < 1.29 is 0 Å². The molecule has 0 N–H and O–H groups in total. The summed E-state index contributed by atoms with van der Waals surface area (Å²) in [6, 6.07) is 0. The molecule has 0 aromatic carbocycles. The Morgan fingerprint density at radius 2 is 1.25 bits per heavy atom. The van der Waals surface area contributed by atoms with Gasteiger partial charge in [0, 0.05) is 5.79 Å². The van der Waals surface area contributed by atoms with E-state index in [2.05, 4.69) is 33.2 Å². The van der Waals surface area contributed by atoms with Crippen molar-refractivity contribution in [2.75, 3.05) is 5.79 Å². The average molecular weight is 399 g/mol. The van der Waals surface area contributed by atoms with Gasteiger partial charge in [-0.25, -0.2) is 0 Å². The maximum absolute atomic E-state index is 6.40. The normalized spacial score (nSPS) is 32.2. The van der Waals surface area contributed by atoms with E-state index in [4.69, 9.17) is 56.2 Å². The minimum atomic E-state index is -2.84. The zero-order chi connectivity index (χ0) is 12.8. The smallest absolute Gasteiger partial charge is 0.199 e. The van der Waals surface area contributed by atoms with Gasteiger partial charge in [-0.05, 0) is 45.0 Å². The fourth-order valence-corrected chi connectivity index (χ4v) is 27.8. The lowest BCUT2D eigenvalue weighted by atomic mass is 11.8. The second-order valence-electron chi connectivity index (χ2n) is 4.54. The van der Waals surface area contributed by atoms with E-state index in [0.717, 1.165) is 0 Å². The molecule has 0 saturated carbocycles. The van der Waals surface area contributed by atoms with Gasteiger partial charge < -0.3 is 0 Å². The SMILES string of the molecule is C[Si](C)(C)CP1(Cl)=NP(Cl)(Cl)=NP(Cl)(Cl)=N1. The van der Waals surface area contributed by atoms with Crippen LogP contribution in [0.1, 0.15) is 0 Å². The van der Waals surface area contributed by atoms with Crippen LogP contribution in [0.2, 0.25) is 19.6 Å². The van der Waals surface area contributed by atoms with Crippen LogP contribution in [-0.2, 0) is 0 Å². The van der Waals surface area contributed by atoms with Crippen molar-refractivity contribution in [3.05, 3.63) is 0 Å². The predicted octanol–water partition coefficient (Wildman–Crippen LogP) is 8.00. The minimum Gasteiger partial charge on any atom is -0.199 e. The molecule has 12 heteroatoms. The van der Waals surface area contributed by atoms with E-state index < -0.39 is 26.5 Å². The van der Waals surface area contributed by atoms with E-state index in [-0.39, 0.29) is 0 Å². The lowest BCUT2D eigenvalue weighted by molar-refractivity contribution is 1.62. The summed E-state index contributed by atoms with van der Waals surface area (Å²) in [5.74, 6) is -4.99. The summed E-state index contributed by atoms with van der Waals surface area (Å²) in [4.78, 5) is 0. The Bertz CT molecular complexity index is 449. The zero-order valence-electron chi connectivity index (χ0n) is 8.78. The van der Waals surface area contributed by atoms with Crippen LogP contribution < -0.4 is 0 Å². The first-order chi connectivity index (χ1) is 6.83. The van der Waals surface area contributed by atoms with Crippen LogP contribution in [0, 0.1) is 0 Å². The van der Waals surface area contributed by atoms with E-state index in [1.807, 2.05) is 0 Å². The molecule has 1 aliphatic rings. The van der Waals surface area contributed by atoms with Gasteiger partial charge in [-0.1, -0.05) is 30.9 Å². The second kappa shape index (κ2) is 5.04. The number of hydrogen-bond acceptors (Lipinski definition) is 3. The second-order valence-corrected chi connectivity index (χ2v) is 24.5. The molecular formula is C4H11Cl5N3P3Si.